The molecule has 1 aromatic heterocycles. The number of amides is 1. The zero-order valence-electron chi connectivity index (χ0n) is 13.1. The van der Waals surface area contributed by atoms with Gasteiger partial charge in [-0.3, -0.25) is 9.48 Å². The first-order valence-electron chi connectivity index (χ1n) is 7.17. The standard InChI is InChI=1S/C16H19N3O4/c1-11-14(9-19(2)18-11)16(22)17-8-7-12-3-5-13(6-4-12)23-10-15(20)21/h3-6,9H,7-8,10H2,1-2H3,(H,17,22)(H,20,21). The fourth-order valence-corrected chi connectivity index (χ4v) is 2.14. The number of nitrogens with one attached hydrogen (secondary N) is 1. The third-order valence-corrected chi connectivity index (χ3v) is 3.24. The number of carbonyl (C=O) groups excluding carboxylic acids is 1. The molecule has 2 rings (SSSR count). The molecule has 2 N–H and O–H groups in total. The van der Waals surface area contributed by atoms with Crippen molar-refractivity contribution in [1.82, 2.24) is 15.1 Å². The Morgan fingerprint density at radius 2 is 2.00 bits per heavy atom. The van der Waals surface area contributed by atoms with Gasteiger partial charge in [0.15, 0.2) is 6.61 Å². The van der Waals surface area contributed by atoms with E-state index in [2.05, 4.69) is 10.4 Å². The van der Waals surface area contributed by atoms with Gasteiger partial charge in [-0.15, -0.1) is 0 Å². The Morgan fingerprint density at radius 1 is 1.30 bits per heavy atom. The Kier molecular flexibility index (Phi) is 5.35. The summed E-state index contributed by atoms with van der Waals surface area (Å²) < 4.78 is 6.67. The average molecular weight is 317 g/mol. The van der Waals surface area contributed by atoms with Crippen molar-refractivity contribution in [2.45, 2.75) is 13.3 Å². The van der Waals surface area contributed by atoms with E-state index in [9.17, 15) is 9.59 Å². The first kappa shape index (κ1) is 16.5. The smallest absolute Gasteiger partial charge is 0.341 e. The molecule has 1 aromatic carbocycles. The van der Waals surface area contributed by atoms with Crippen LogP contribution in [0.3, 0.4) is 0 Å². The molecule has 2 aromatic rings. The van der Waals surface area contributed by atoms with Crippen molar-refractivity contribution in [1.29, 1.82) is 0 Å². The monoisotopic (exact) mass is 317 g/mol. The highest BCUT2D eigenvalue weighted by Gasteiger charge is 2.11. The predicted molar refractivity (Wildman–Crippen MR) is 83.6 cm³/mol. The third-order valence-electron chi connectivity index (χ3n) is 3.24. The molecule has 0 saturated carbocycles. The maximum Gasteiger partial charge on any atom is 0.341 e. The minimum atomic E-state index is -1.01. The van der Waals surface area contributed by atoms with Gasteiger partial charge in [0.1, 0.15) is 5.75 Å². The topological polar surface area (TPSA) is 93.5 Å². The van der Waals surface area contributed by atoms with Crippen molar-refractivity contribution < 1.29 is 19.4 Å². The Labute approximate surface area is 133 Å². The van der Waals surface area contributed by atoms with Crippen LogP contribution in [-0.4, -0.2) is 39.9 Å². The average Bonchev–Trinajstić information content (AvgIpc) is 2.85. The Morgan fingerprint density at radius 3 is 2.57 bits per heavy atom. The van der Waals surface area contributed by atoms with Crippen molar-refractivity contribution in [3.8, 4) is 5.75 Å². The molecule has 0 atom stereocenters. The second-order valence-electron chi connectivity index (χ2n) is 5.13. The second kappa shape index (κ2) is 7.44. The molecule has 0 radical (unpaired) electrons. The highest BCUT2D eigenvalue weighted by molar-refractivity contribution is 5.94. The summed E-state index contributed by atoms with van der Waals surface area (Å²) in [6.45, 7) is 1.94. The van der Waals surface area contributed by atoms with E-state index in [4.69, 9.17) is 9.84 Å². The van der Waals surface area contributed by atoms with Gasteiger partial charge < -0.3 is 15.2 Å². The van der Waals surface area contributed by atoms with Crippen molar-refractivity contribution in [2.24, 2.45) is 7.05 Å². The molecule has 0 saturated heterocycles. The van der Waals surface area contributed by atoms with E-state index >= 15 is 0 Å². The number of carboxylic acid groups (broad SMARTS) is 1. The van der Waals surface area contributed by atoms with Crippen LogP contribution in [-0.2, 0) is 18.3 Å². The molecule has 0 spiro atoms. The lowest BCUT2D eigenvalue weighted by atomic mass is 10.1. The molecule has 0 aliphatic heterocycles. The number of nitrogens with zero attached hydrogens (tertiary/aromatic N) is 2. The number of carboxylic acids is 1. The zero-order chi connectivity index (χ0) is 16.8. The summed E-state index contributed by atoms with van der Waals surface area (Å²) in [6, 6.07) is 7.12. The predicted octanol–water partition coefficient (Wildman–Crippen LogP) is 1.16. The van der Waals surface area contributed by atoms with E-state index in [1.54, 1.807) is 37.0 Å². The van der Waals surface area contributed by atoms with Gasteiger partial charge in [-0.1, -0.05) is 12.1 Å². The number of carbonyl (C=O) groups is 2. The van der Waals surface area contributed by atoms with E-state index in [0.717, 1.165) is 5.56 Å². The molecule has 1 heterocycles. The number of hydrogen-bond donors (Lipinski definition) is 2. The summed E-state index contributed by atoms with van der Waals surface area (Å²) in [5.74, 6) is -0.648. The Balaban J connectivity index is 1.81. The molecule has 0 aliphatic carbocycles. The van der Waals surface area contributed by atoms with Crippen LogP contribution < -0.4 is 10.1 Å². The number of ether oxygens (including phenoxy) is 1. The van der Waals surface area contributed by atoms with E-state index in [0.29, 0.717) is 30.0 Å². The van der Waals surface area contributed by atoms with Crippen LogP contribution in [0.2, 0.25) is 0 Å². The summed E-state index contributed by atoms with van der Waals surface area (Å²) in [5.41, 5.74) is 2.30. The Hall–Kier alpha value is -2.83. The number of rotatable bonds is 7. The fourth-order valence-electron chi connectivity index (χ4n) is 2.14. The van der Waals surface area contributed by atoms with Crippen molar-refractivity contribution in [3.63, 3.8) is 0 Å². The second-order valence-corrected chi connectivity index (χ2v) is 5.13. The van der Waals surface area contributed by atoms with Crippen LogP contribution in [0.1, 0.15) is 21.6 Å². The molecule has 7 nitrogen and oxygen atoms in total. The molecule has 1 amide bonds. The quantitative estimate of drug-likeness (QED) is 0.799. The number of benzene rings is 1. The zero-order valence-corrected chi connectivity index (χ0v) is 13.1. The summed E-state index contributed by atoms with van der Waals surface area (Å²) in [4.78, 5) is 22.4. The number of aryl methyl sites for hydroxylation is 2. The SMILES string of the molecule is Cc1nn(C)cc1C(=O)NCCc1ccc(OCC(=O)O)cc1. The summed E-state index contributed by atoms with van der Waals surface area (Å²) in [6.07, 6.45) is 2.36. The van der Waals surface area contributed by atoms with Crippen LogP contribution in [0.15, 0.2) is 30.5 Å². The first-order chi connectivity index (χ1) is 11.0. The largest absolute Gasteiger partial charge is 0.482 e. The molecule has 122 valence electrons. The van der Waals surface area contributed by atoms with Gasteiger partial charge in [-0.25, -0.2) is 4.79 Å². The molecular weight excluding hydrogens is 298 g/mol. The van der Waals surface area contributed by atoms with Gasteiger partial charge in [0.2, 0.25) is 0 Å². The van der Waals surface area contributed by atoms with Crippen LogP contribution in [0, 0.1) is 6.92 Å². The van der Waals surface area contributed by atoms with Crippen molar-refractivity contribution in [3.05, 3.63) is 47.3 Å². The number of aromatic nitrogens is 2. The number of hydrogen-bond acceptors (Lipinski definition) is 4. The lowest BCUT2D eigenvalue weighted by molar-refractivity contribution is -0.139. The molecule has 23 heavy (non-hydrogen) atoms. The summed E-state index contributed by atoms with van der Waals surface area (Å²) in [5, 5.41) is 15.5. The van der Waals surface area contributed by atoms with Gasteiger partial charge >= 0.3 is 5.97 Å². The lowest BCUT2D eigenvalue weighted by Gasteiger charge is -2.06. The minimum Gasteiger partial charge on any atom is -0.482 e. The summed E-state index contributed by atoms with van der Waals surface area (Å²) >= 11 is 0. The van der Waals surface area contributed by atoms with Gasteiger partial charge in [-0.05, 0) is 31.0 Å². The molecule has 7 heteroatoms. The maximum atomic E-state index is 12.0. The molecule has 0 bridgehead atoms. The number of aliphatic carboxylic acids is 1. The van der Waals surface area contributed by atoms with Crippen molar-refractivity contribution in [2.75, 3.05) is 13.2 Å². The van der Waals surface area contributed by atoms with Gasteiger partial charge in [0.05, 0.1) is 11.3 Å². The molecular formula is C16H19N3O4. The van der Waals surface area contributed by atoms with E-state index < -0.39 is 5.97 Å². The normalized spacial score (nSPS) is 10.3. The van der Waals surface area contributed by atoms with E-state index in [-0.39, 0.29) is 12.5 Å². The van der Waals surface area contributed by atoms with Gasteiger partial charge in [0, 0.05) is 19.8 Å². The highest BCUT2D eigenvalue weighted by atomic mass is 16.5. The molecule has 0 unspecified atom stereocenters. The highest BCUT2D eigenvalue weighted by Crippen LogP contribution is 2.12. The Bertz CT molecular complexity index is 692. The third kappa shape index (κ3) is 4.84. The summed E-state index contributed by atoms with van der Waals surface area (Å²) in [7, 11) is 1.78. The van der Waals surface area contributed by atoms with E-state index in [1.165, 1.54) is 0 Å². The van der Waals surface area contributed by atoms with Crippen LogP contribution in [0.4, 0.5) is 0 Å². The van der Waals surface area contributed by atoms with E-state index in [1.807, 2.05) is 12.1 Å². The lowest BCUT2D eigenvalue weighted by Crippen LogP contribution is -2.25. The van der Waals surface area contributed by atoms with Crippen LogP contribution in [0.5, 0.6) is 5.75 Å². The minimum absolute atomic E-state index is 0.142. The van der Waals surface area contributed by atoms with Crippen molar-refractivity contribution >= 4 is 11.9 Å². The van der Waals surface area contributed by atoms with Crippen LogP contribution >= 0.6 is 0 Å². The molecule has 0 aliphatic rings. The fraction of sp³-hybridized carbons (Fsp3) is 0.312. The van der Waals surface area contributed by atoms with Gasteiger partial charge in [0.25, 0.3) is 5.91 Å². The first-order valence-corrected chi connectivity index (χ1v) is 7.17. The van der Waals surface area contributed by atoms with Crippen LogP contribution in [0.25, 0.3) is 0 Å². The molecule has 0 fully saturated rings. The van der Waals surface area contributed by atoms with Gasteiger partial charge in [-0.2, -0.15) is 5.10 Å². The maximum absolute atomic E-state index is 12.0.